The molecule has 2 aliphatic carbocycles. The minimum atomic E-state index is -0.647. The van der Waals surface area contributed by atoms with Crippen LogP contribution in [0.15, 0.2) is 0 Å². The van der Waals surface area contributed by atoms with Gasteiger partial charge < -0.3 is 5.73 Å². The molecule has 0 radical (unpaired) electrons. The Labute approximate surface area is 121 Å². The lowest BCUT2D eigenvalue weighted by Gasteiger charge is -2.41. The van der Waals surface area contributed by atoms with Crippen LogP contribution in [0.5, 0.6) is 0 Å². The molecule has 0 saturated heterocycles. The van der Waals surface area contributed by atoms with Crippen molar-refractivity contribution in [3.05, 3.63) is 0 Å². The van der Waals surface area contributed by atoms with E-state index in [1.807, 2.05) is 0 Å². The van der Waals surface area contributed by atoms with Crippen LogP contribution in [0.25, 0.3) is 0 Å². The molecule has 4 atom stereocenters. The first-order chi connectivity index (χ1) is 8.93. The Morgan fingerprint density at radius 3 is 2.26 bits per heavy atom. The number of hydrogen-bond acceptors (Lipinski definition) is 2. The predicted molar refractivity (Wildman–Crippen MR) is 83.5 cm³/mol. The van der Waals surface area contributed by atoms with Crippen molar-refractivity contribution in [1.82, 2.24) is 0 Å². The van der Waals surface area contributed by atoms with E-state index in [2.05, 4.69) is 20.8 Å². The summed E-state index contributed by atoms with van der Waals surface area (Å²) in [5.74, 6) is 1.21. The average molecular weight is 285 g/mol. The minimum Gasteiger partial charge on any atom is -0.330 e. The van der Waals surface area contributed by atoms with E-state index in [0.717, 1.165) is 13.0 Å². The maximum absolute atomic E-state index is 12.9. The highest BCUT2D eigenvalue weighted by Gasteiger charge is 2.40. The topological polar surface area (TPSA) is 43.1 Å². The molecule has 0 bridgehead atoms. The molecule has 2 aliphatic rings. The van der Waals surface area contributed by atoms with Crippen molar-refractivity contribution >= 4 is 10.8 Å². The zero-order chi connectivity index (χ0) is 14.0. The molecule has 2 fully saturated rings. The van der Waals surface area contributed by atoms with Crippen LogP contribution in [0.4, 0.5) is 0 Å². The lowest BCUT2D eigenvalue weighted by molar-refractivity contribution is 0.155. The molecule has 2 rings (SSSR count). The van der Waals surface area contributed by atoms with Gasteiger partial charge in [-0.3, -0.25) is 4.21 Å². The molecule has 0 spiro atoms. The van der Waals surface area contributed by atoms with Crippen LogP contribution in [0.2, 0.25) is 0 Å². The summed E-state index contributed by atoms with van der Waals surface area (Å²) in [4.78, 5) is 0. The van der Waals surface area contributed by atoms with Gasteiger partial charge in [0.2, 0.25) is 0 Å². The summed E-state index contributed by atoms with van der Waals surface area (Å²) < 4.78 is 12.9. The maximum Gasteiger partial charge on any atom is 0.0393 e. The third-order valence-corrected chi connectivity index (χ3v) is 7.69. The first-order valence-corrected chi connectivity index (χ1v) is 9.30. The van der Waals surface area contributed by atoms with E-state index in [0.29, 0.717) is 27.8 Å². The van der Waals surface area contributed by atoms with Crippen molar-refractivity contribution in [2.45, 2.75) is 76.2 Å². The fraction of sp³-hybridized carbons (Fsp3) is 1.00. The Morgan fingerprint density at radius 2 is 1.74 bits per heavy atom. The summed E-state index contributed by atoms with van der Waals surface area (Å²) in [6, 6.07) is 0. The van der Waals surface area contributed by atoms with E-state index in [1.165, 1.54) is 38.5 Å². The second-order valence-electron chi connectivity index (χ2n) is 7.65. The van der Waals surface area contributed by atoms with E-state index in [1.54, 1.807) is 0 Å². The molecule has 0 amide bonds. The largest absolute Gasteiger partial charge is 0.330 e. The Balaban J connectivity index is 2.07. The molecule has 2 N–H and O–H groups in total. The van der Waals surface area contributed by atoms with Crippen LogP contribution in [-0.2, 0) is 10.8 Å². The van der Waals surface area contributed by atoms with Crippen molar-refractivity contribution < 1.29 is 4.21 Å². The van der Waals surface area contributed by atoms with Gasteiger partial charge in [-0.15, -0.1) is 0 Å². The number of nitrogens with two attached hydrogens (primary N) is 1. The van der Waals surface area contributed by atoms with Crippen molar-refractivity contribution in [2.75, 3.05) is 6.54 Å². The summed E-state index contributed by atoms with van der Waals surface area (Å²) in [6.45, 7) is 7.71. The van der Waals surface area contributed by atoms with Crippen molar-refractivity contribution in [3.63, 3.8) is 0 Å². The molecule has 0 aromatic rings. The van der Waals surface area contributed by atoms with E-state index in [4.69, 9.17) is 5.73 Å². The standard InChI is InChI=1S/C16H31NOS/c1-16(2,3)13-9-8-12(11-17)15(10-13)19(18)14-6-4-5-7-14/h12-15H,4-11,17H2,1-3H3. The van der Waals surface area contributed by atoms with Gasteiger partial charge in [0.1, 0.15) is 0 Å². The predicted octanol–water partition coefficient (Wildman–Crippen LogP) is 3.47. The third-order valence-electron chi connectivity index (χ3n) is 5.39. The van der Waals surface area contributed by atoms with Crippen molar-refractivity contribution in [3.8, 4) is 0 Å². The van der Waals surface area contributed by atoms with E-state index >= 15 is 0 Å². The van der Waals surface area contributed by atoms with E-state index in [-0.39, 0.29) is 0 Å². The smallest absolute Gasteiger partial charge is 0.0393 e. The summed E-state index contributed by atoms with van der Waals surface area (Å²) in [5, 5.41) is 0.837. The molecule has 0 aliphatic heterocycles. The fourth-order valence-electron chi connectivity index (χ4n) is 3.90. The Kier molecular flexibility index (Phi) is 5.10. The molecule has 112 valence electrons. The fourth-order valence-corrected chi connectivity index (χ4v) is 6.24. The van der Waals surface area contributed by atoms with Gasteiger partial charge in [0.05, 0.1) is 0 Å². The average Bonchev–Trinajstić information content (AvgIpc) is 2.90. The Hall–Kier alpha value is 0.110. The summed E-state index contributed by atoms with van der Waals surface area (Å²) in [7, 11) is -0.647. The number of rotatable bonds is 3. The van der Waals surface area contributed by atoms with Crippen LogP contribution in [0.1, 0.15) is 65.7 Å². The summed E-state index contributed by atoms with van der Waals surface area (Å²) >= 11 is 0. The van der Waals surface area contributed by atoms with Crippen LogP contribution >= 0.6 is 0 Å². The van der Waals surface area contributed by atoms with E-state index < -0.39 is 10.8 Å². The lowest BCUT2D eigenvalue weighted by Crippen LogP contribution is -2.42. The second-order valence-corrected chi connectivity index (χ2v) is 9.57. The first-order valence-electron chi connectivity index (χ1n) is 8.03. The molecule has 0 aromatic heterocycles. The zero-order valence-electron chi connectivity index (χ0n) is 12.9. The van der Waals surface area contributed by atoms with Gasteiger partial charge in [0, 0.05) is 21.3 Å². The summed E-state index contributed by atoms with van der Waals surface area (Å²) in [6.07, 6.45) is 8.50. The molecule has 19 heavy (non-hydrogen) atoms. The maximum atomic E-state index is 12.9. The van der Waals surface area contributed by atoms with Gasteiger partial charge in [-0.05, 0) is 55.9 Å². The Bertz CT molecular complexity index is 317. The third kappa shape index (κ3) is 3.60. The van der Waals surface area contributed by atoms with E-state index in [9.17, 15) is 4.21 Å². The molecular weight excluding hydrogens is 254 g/mol. The Morgan fingerprint density at radius 1 is 1.11 bits per heavy atom. The molecule has 4 unspecified atom stereocenters. The molecule has 3 heteroatoms. The first kappa shape index (κ1) is 15.5. The van der Waals surface area contributed by atoms with Crippen molar-refractivity contribution in [1.29, 1.82) is 0 Å². The minimum absolute atomic E-state index is 0.345. The highest BCUT2D eigenvalue weighted by Crippen LogP contribution is 2.42. The van der Waals surface area contributed by atoms with Crippen LogP contribution in [0, 0.1) is 17.3 Å². The molecule has 2 nitrogen and oxygen atoms in total. The van der Waals surface area contributed by atoms with Crippen LogP contribution in [0.3, 0.4) is 0 Å². The summed E-state index contributed by atoms with van der Waals surface area (Å²) in [5.41, 5.74) is 6.30. The zero-order valence-corrected chi connectivity index (χ0v) is 13.7. The SMILES string of the molecule is CC(C)(C)C1CCC(CN)C(S(=O)C2CCCC2)C1. The van der Waals surface area contributed by atoms with Gasteiger partial charge in [-0.1, -0.05) is 33.6 Å². The quantitative estimate of drug-likeness (QED) is 0.863. The number of hydrogen-bond donors (Lipinski definition) is 1. The van der Waals surface area contributed by atoms with Crippen molar-refractivity contribution in [2.24, 2.45) is 23.0 Å². The molecule has 0 aromatic carbocycles. The molecule has 0 heterocycles. The van der Waals surface area contributed by atoms with Gasteiger partial charge in [0.25, 0.3) is 0 Å². The monoisotopic (exact) mass is 285 g/mol. The van der Waals surface area contributed by atoms with Gasteiger partial charge in [-0.2, -0.15) is 0 Å². The van der Waals surface area contributed by atoms with Gasteiger partial charge in [0.15, 0.2) is 0 Å². The lowest BCUT2D eigenvalue weighted by atomic mass is 9.69. The normalized spacial score (nSPS) is 35.5. The highest BCUT2D eigenvalue weighted by molar-refractivity contribution is 7.86. The van der Waals surface area contributed by atoms with Crippen LogP contribution in [-0.4, -0.2) is 21.3 Å². The second kappa shape index (κ2) is 6.26. The van der Waals surface area contributed by atoms with Gasteiger partial charge in [-0.25, -0.2) is 0 Å². The van der Waals surface area contributed by atoms with Crippen LogP contribution < -0.4 is 5.73 Å². The highest BCUT2D eigenvalue weighted by atomic mass is 32.2. The molecular formula is C16H31NOS. The molecule has 2 saturated carbocycles. The van der Waals surface area contributed by atoms with Gasteiger partial charge >= 0.3 is 0 Å².